The largest absolute Gasteiger partial charge is 0.493 e. The summed E-state index contributed by atoms with van der Waals surface area (Å²) in [5.74, 6) is 0.924. The average molecular weight is 314 g/mol. The van der Waals surface area contributed by atoms with E-state index in [9.17, 15) is 4.79 Å². The van der Waals surface area contributed by atoms with Gasteiger partial charge in [0.2, 0.25) is 0 Å². The summed E-state index contributed by atoms with van der Waals surface area (Å²) in [7, 11) is 0. The first kappa shape index (κ1) is 18.9. The van der Waals surface area contributed by atoms with E-state index in [4.69, 9.17) is 9.84 Å². The lowest BCUT2D eigenvalue weighted by Crippen LogP contribution is -2.08. The Morgan fingerprint density at radius 2 is 1.87 bits per heavy atom. The second-order valence-electron chi connectivity index (χ2n) is 5.47. The zero-order chi connectivity index (χ0) is 17.1. The molecule has 0 saturated carbocycles. The maximum Gasteiger partial charge on any atom is 0.150 e. The van der Waals surface area contributed by atoms with Gasteiger partial charge in [0.15, 0.2) is 0 Å². The van der Waals surface area contributed by atoms with Gasteiger partial charge in [0, 0.05) is 12.0 Å². The van der Waals surface area contributed by atoms with Crippen molar-refractivity contribution in [2.75, 3.05) is 6.61 Å². The van der Waals surface area contributed by atoms with Gasteiger partial charge in [-0.25, -0.2) is 0 Å². The van der Waals surface area contributed by atoms with Crippen LogP contribution < -0.4 is 4.74 Å². The molecule has 1 N–H and O–H groups in total. The van der Waals surface area contributed by atoms with Gasteiger partial charge in [0.05, 0.1) is 12.7 Å². The number of ether oxygens (including phenoxy) is 1. The normalized spacial score (nSPS) is 11.1. The first-order chi connectivity index (χ1) is 11.1. The van der Waals surface area contributed by atoms with Gasteiger partial charge in [-0.2, -0.15) is 0 Å². The lowest BCUT2D eigenvalue weighted by atomic mass is 10.1. The van der Waals surface area contributed by atoms with Crippen LogP contribution in [0.3, 0.4) is 0 Å². The molecule has 0 fully saturated rings. The fourth-order valence-electron chi connectivity index (χ4n) is 1.96. The number of aliphatic hydroxyl groups excluding tert-OH is 1. The van der Waals surface area contributed by atoms with Crippen molar-refractivity contribution in [2.24, 2.45) is 0 Å². The van der Waals surface area contributed by atoms with Crippen LogP contribution in [0.15, 0.2) is 48.5 Å². The van der Waals surface area contributed by atoms with Crippen LogP contribution in [0, 0.1) is 6.92 Å². The zero-order valence-corrected chi connectivity index (χ0v) is 14.2. The molecule has 2 rings (SSSR count). The number of hydrogen-bond acceptors (Lipinski definition) is 3. The standard InChI is InChI=1S/C13H20O2.C7H6O/c1-4-12-5-6-13(10(2)9-12)15-8-7-11(3)14;8-6-7-4-2-1-3-5-7/h5-6,9,11,14H,4,7-8H2,1-3H3;1-6H. The first-order valence-corrected chi connectivity index (χ1v) is 7.97. The number of carbonyl (C=O) groups excluding carboxylic acids is 1. The summed E-state index contributed by atoms with van der Waals surface area (Å²) in [6, 6.07) is 15.3. The molecule has 0 aliphatic rings. The second kappa shape index (κ2) is 10.6. The number of rotatable bonds is 6. The molecule has 2 aromatic rings. The Balaban J connectivity index is 0.000000277. The molecule has 0 amide bonds. The maximum absolute atomic E-state index is 10.0. The molecule has 0 aliphatic heterocycles. The number of aliphatic hydroxyl groups is 1. The van der Waals surface area contributed by atoms with Crippen LogP contribution in [0.5, 0.6) is 5.75 Å². The minimum absolute atomic E-state index is 0.291. The minimum Gasteiger partial charge on any atom is -0.493 e. The lowest BCUT2D eigenvalue weighted by Gasteiger charge is -2.11. The smallest absolute Gasteiger partial charge is 0.150 e. The van der Waals surface area contributed by atoms with E-state index in [2.05, 4.69) is 26.0 Å². The van der Waals surface area contributed by atoms with Gasteiger partial charge in [0.1, 0.15) is 12.0 Å². The highest BCUT2D eigenvalue weighted by atomic mass is 16.5. The van der Waals surface area contributed by atoms with E-state index in [1.165, 1.54) is 11.1 Å². The zero-order valence-electron chi connectivity index (χ0n) is 14.2. The number of aldehydes is 1. The molecule has 0 radical (unpaired) electrons. The molecule has 0 heterocycles. The van der Waals surface area contributed by atoms with Crippen molar-refractivity contribution in [3.8, 4) is 5.75 Å². The summed E-state index contributed by atoms with van der Waals surface area (Å²) in [5.41, 5.74) is 3.22. The van der Waals surface area contributed by atoms with Crippen LogP contribution in [-0.2, 0) is 6.42 Å². The third-order valence-electron chi connectivity index (χ3n) is 3.38. The Labute approximate surface area is 138 Å². The molecule has 0 bridgehead atoms. The molecule has 0 spiro atoms. The summed E-state index contributed by atoms with van der Waals surface area (Å²) in [5, 5.41) is 9.10. The van der Waals surface area contributed by atoms with E-state index in [1.807, 2.05) is 24.3 Å². The first-order valence-electron chi connectivity index (χ1n) is 7.97. The second-order valence-corrected chi connectivity index (χ2v) is 5.47. The van der Waals surface area contributed by atoms with E-state index in [-0.39, 0.29) is 6.10 Å². The van der Waals surface area contributed by atoms with Crippen molar-refractivity contribution < 1.29 is 14.6 Å². The average Bonchev–Trinajstić information content (AvgIpc) is 2.57. The molecule has 3 nitrogen and oxygen atoms in total. The predicted octanol–water partition coefficient (Wildman–Crippen LogP) is 4.21. The van der Waals surface area contributed by atoms with Crippen LogP contribution >= 0.6 is 0 Å². The molecule has 23 heavy (non-hydrogen) atoms. The molecular weight excluding hydrogens is 288 g/mol. The van der Waals surface area contributed by atoms with Crippen LogP contribution in [0.25, 0.3) is 0 Å². The molecule has 124 valence electrons. The number of hydrogen-bond donors (Lipinski definition) is 1. The SMILES string of the molecule is CCc1ccc(OCCC(C)O)c(C)c1.O=Cc1ccccc1. The topological polar surface area (TPSA) is 46.5 Å². The van der Waals surface area contributed by atoms with Gasteiger partial charge in [-0.15, -0.1) is 0 Å². The van der Waals surface area contributed by atoms with Crippen LogP contribution in [0.1, 0.15) is 41.8 Å². The summed E-state index contributed by atoms with van der Waals surface area (Å²) in [4.78, 5) is 10.0. The van der Waals surface area contributed by atoms with Crippen molar-refractivity contribution in [1.29, 1.82) is 0 Å². The van der Waals surface area contributed by atoms with Gasteiger partial charge >= 0.3 is 0 Å². The van der Waals surface area contributed by atoms with Gasteiger partial charge in [-0.3, -0.25) is 4.79 Å². The van der Waals surface area contributed by atoms with Gasteiger partial charge in [-0.1, -0.05) is 49.4 Å². The van der Waals surface area contributed by atoms with E-state index in [0.29, 0.717) is 13.0 Å². The summed E-state index contributed by atoms with van der Waals surface area (Å²) in [6.45, 7) is 6.54. The third kappa shape index (κ3) is 7.61. The van der Waals surface area contributed by atoms with Crippen molar-refractivity contribution in [1.82, 2.24) is 0 Å². The highest BCUT2D eigenvalue weighted by molar-refractivity contribution is 5.74. The third-order valence-corrected chi connectivity index (χ3v) is 3.38. The minimum atomic E-state index is -0.291. The fraction of sp³-hybridized carbons (Fsp3) is 0.350. The highest BCUT2D eigenvalue weighted by Gasteiger charge is 2.01. The van der Waals surface area contributed by atoms with Crippen molar-refractivity contribution in [3.63, 3.8) is 0 Å². The van der Waals surface area contributed by atoms with Crippen molar-refractivity contribution in [2.45, 2.75) is 39.7 Å². The van der Waals surface area contributed by atoms with Crippen molar-refractivity contribution >= 4 is 6.29 Å². The van der Waals surface area contributed by atoms with Crippen LogP contribution in [0.4, 0.5) is 0 Å². The Hall–Kier alpha value is -2.13. The maximum atomic E-state index is 10.0. The number of benzene rings is 2. The van der Waals surface area contributed by atoms with Gasteiger partial charge in [-0.05, 0) is 37.5 Å². The lowest BCUT2D eigenvalue weighted by molar-refractivity contribution is 0.112. The molecule has 0 aliphatic carbocycles. The molecule has 1 atom stereocenters. The van der Waals surface area contributed by atoms with Crippen LogP contribution in [-0.4, -0.2) is 24.1 Å². The monoisotopic (exact) mass is 314 g/mol. The van der Waals surface area contributed by atoms with E-state index in [0.717, 1.165) is 24.0 Å². The molecule has 0 aromatic heterocycles. The van der Waals surface area contributed by atoms with E-state index in [1.54, 1.807) is 19.1 Å². The van der Waals surface area contributed by atoms with E-state index < -0.39 is 0 Å². The van der Waals surface area contributed by atoms with E-state index >= 15 is 0 Å². The molecule has 1 unspecified atom stereocenters. The fourth-order valence-corrected chi connectivity index (χ4v) is 1.96. The van der Waals surface area contributed by atoms with Crippen LogP contribution in [0.2, 0.25) is 0 Å². The van der Waals surface area contributed by atoms with Crippen molar-refractivity contribution in [3.05, 3.63) is 65.2 Å². The Morgan fingerprint density at radius 1 is 1.17 bits per heavy atom. The Bertz CT molecular complexity index is 577. The highest BCUT2D eigenvalue weighted by Crippen LogP contribution is 2.19. The van der Waals surface area contributed by atoms with Gasteiger partial charge in [0.25, 0.3) is 0 Å². The number of carbonyl (C=O) groups is 1. The summed E-state index contributed by atoms with van der Waals surface area (Å²) < 4.78 is 5.59. The summed E-state index contributed by atoms with van der Waals surface area (Å²) in [6.07, 6.45) is 2.27. The Morgan fingerprint density at radius 3 is 2.35 bits per heavy atom. The Kier molecular flexibility index (Phi) is 8.70. The quantitative estimate of drug-likeness (QED) is 0.813. The molecule has 3 heteroatoms. The molecule has 0 saturated heterocycles. The summed E-state index contributed by atoms with van der Waals surface area (Å²) >= 11 is 0. The predicted molar refractivity (Wildman–Crippen MR) is 94.2 cm³/mol. The van der Waals surface area contributed by atoms with Gasteiger partial charge < -0.3 is 9.84 Å². The molecule has 2 aromatic carbocycles. The number of aryl methyl sites for hydroxylation is 2. The molecular formula is C20H26O3.